The lowest BCUT2D eigenvalue weighted by molar-refractivity contribution is -0.124. The molecule has 0 aliphatic rings. The molecule has 3 N–H and O–H groups in total. The van der Waals surface area contributed by atoms with Crippen molar-refractivity contribution in [2.75, 3.05) is 5.32 Å². The number of ether oxygens (including phenoxy) is 1. The molecule has 0 spiro atoms. The Bertz CT molecular complexity index is 899. The Morgan fingerprint density at radius 3 is 2.41 bits per heavy atom. The zero-order valence-electron chi connectivity index (χ0n) is 16.5. The van der Waals surface area contributed by atoms with E-state index in [2.05, 4.69) is 16.2 Å². The van der Waals surface area contributed by atoms with Crippen molar-refractivity contribution in [2.45, 2.75) is 39.7 Å². The van der Waals surface area contributed by atoms with Gasteiger partial charge in [0.15, 0.2) is 0 Å². The lowest BCUT2D eigenvalue weighted by atomic mass is 10.2. The van der Waals surface area contributed by atoms with Crippen LogP contribution in [0.15, 0.2) is 42.5 Å². The first-order valence-electron chi connectivity index (χ1n) is 9.17. The van der Waals surface area contributed by atoms with Gasteiger partial charge >= 0.3 is 0 Å². The molecule has 0 saturated carbocycles. The van der Waals surface area contributed by atoms with Crippen molar-refractivity contribution in [1.82, 2.24) is 10.9 Å². The maximum Gasteiger partial charge on any atom is 0.269 e. The number of benzene rings is 2. The molecule has 0 aliphatic carbocycles. The van der Waals surface area contributed by atoms with E-state index < -0.39 is 11.8 Å². The van der Waals surface area contributed by atoms with Crippen LogP contribution in [-0.4, -0.2) is 23.8 Å². The molecule has 0 fully saturated rings. The van der Waals surface area contributed by atoms with Crippen LogP contribution in [0.25, 0.3) is 0 Å². The molecule has 2 rings (SSSR count). The molecule has 0 bridgehead atoms. The number of anilines is 1. The minimum absolute atomic E-state index is 0.0186. The second-order valence-electron chi connectivity index (χ2n) is 6.66. The van der Waals surface area contributed by atoms with Gasteiger partial charge in [0, 0.05) is 29.1 Å². The molecular formula is C21H24ClN3O4. The molecule has 0 heterocycles. The van der Waals surface area contributed by atoms with Crippen molar-refractivity contribution in [2.24, 2.45) is 0 Å². The summed E-state index contributed by atoms with van der Waals surface area (Å²) in [6.07, 6.45) is -0.136. The van der Waals surface area contributed by atoms with Crippen LogP contribution in [0.1, 0.15) is 42.6 Å². The first kappa shape index (κ1) is 22.2. The lowest BCUT2D eigenvalue weighted by Gasteiger charge is -2.12. The molecular weight excluding hydrogens is 394 g/mol. The summed E-state index contributed by atoms with van der Waals surface area (Å²) in [5.74, 6) is -0.722. The van der Waals surface area contributed by atoms with Crippen molar-refractivity contribution >= 4 is 35.0 Å². The minimum Gasteiger partial charge on any atom is -0.491 e. The average molecular weight is 418 g/mol. The highest BCUT2D eigenvalue weighted by atomic mass is 35.5. The van der Waals surface area contributed by atoms with Gasteiger partial charge in [0.05, 0.1) is 6.10 Å². The minimum atomic E-state index is -0.481. The Labute approximate surface area is 174 Å². The maximum absolute atomic E-state index is 12.2. The van der Waals surface area contributed by atoms with Gasteiger partial charge in [-0.05, 0) is 56.7 Å². The van der Waals surface area contributed by atoms with Gasteiger partial charge in [0.1, 0.15) is 5.75 Å². The first-order valence-corrected chi connectivity index (χ1v) is 9.55. The Kier molecular flexibility index (Phi) is 8.03. The summed E-state index contributed by atoms with van der Waals surface area (Å²) in [5.41, 5.74) is 6.32. The summed E-state index contributed by atoms with van der Waals surface area (Å²) < 4.78 is 5.54. The van der Waals surface area contributed by atoms with Crippen LogP contribution in [0.3, 0.4) is 0 Å². The number of hydrazine groups is 1. The number of amides is 3. The molecule has 0 atom stereocenters. The van der Waals surface area contributed by atoms with Gasteiger partial charge in [0.2, 0.25) is 11.8 Å². The molecule has 29 heavy (non-hydrogen) atoms. The Morgan fingerprint density at radius 2 is 1.69 bits per heavy atom. The second-order valence-corrected chi connectivity index (χ2v) is 7.06. The molecule has 2 aromatic rings. The smallest absolute Gasteiger partial charge is 0.269 e. The van der Waals surface area contributed by atoms with Crippen LogP contribution >= 0.6 is 11.6 Å². The van der Waals surface area contributed by atoms with Gasteiger partial charge in [-0.25, -0.2) is 0 Å². The molecule has 0 aliphatic heterocycles. The van der Waals surface area contributed by atoms with Crippen molar-refractivity contribution in [3.8, 4) is 5.75 Å². The van der Waals surface area contributed by atoms with E-state index in [1.807, 2.05) is 13.8 Å². The highest BCUT2D eigenvalue weighted by Crippen LogP contribution is 2.23. The molecule has 0 saturated heterocycles. The quantitative estimate of drug-likeness (QED) is 0.599. The van der Waals surface area contributed by atoms with Crippen molar-refractivity contribution in [3.63, 3.8) is 0 Å². The number of halogens is 1. The van der Waals surface area contributed by atoms with Crippen LogP contribution in [0.2, 0.25) is 5.02 Å². The zero-order valence-corrected chi connectivity index (χ0v) is 17.3. The summed E-state index contributed by atoms with van der Waals surface area (Å²) in [6, 6.07) is 11.8. The van der Waals surface area contributed by atoms with Crippen LogP contribution < -0.4 is 20.9 Å². The monoisotopic (exact) mass is 417 g/mol. The van der Waals surface area contributed by atoms with Gasteiger partial charge in [-0.15, -0.1) is 0 Å². The van der Waals surface area contributed by atoms with Gasteiger partial charge in [-0.1, -0.05) is 23.7 Å². The predicted octanol–water partition coefficient (Wildman–Crippen LogP) is 3.62. The molecule has 0 unspecified atom stereocenters. The summed E-state index contributed by atoms with van der Waals surface area (Å²) in [5, 5.41) is 3.26. The maximum atomic E-state index is 12.2. The summed E-state index contributed by atoms with van der Waals surface area (Å²) >= 11 is 6.02. The fraction of sp³-hybridized carbons (Fsp3) is 0.286. The van der Waals surface area contributed by atoms with Crippen LogP contribution in [0.5, 0.6) is 5.75 Å². The number of carbonyl (C=O) groups excluding carboxylic acids is 3. The molecule has 0 radical (unpaired) electrons. The standard InChI is InChI=1S/C21H24ClN3O4/c1-13(2)29-16-7-4-6-15(12-16)21(28)25-24-20(27)11-10-19(26)23-18-9-5-8-17(22)14(18)3/h4-9,12-13H,10-11H2,1-3H3,(H,23,26)(H,24,27)(H,25,28). The van der Waals surface area contributed by atoms with E-state index in [9.17, 15) is 14.4 Å². The number of carbonyl (C=O) groups is 3. The molecule has 154 valence electrons. The van der Waals surface area contributed by atoms with Crippen molar-refractivity contribution in [3.05, 3.63) is 58.6 Å². The van der Waals surface area contributed by atoms with E-state index in [0.717, 1.165) is 5.56 Å². The normalized spacial score (nSPS) is 10.4. The molecule has 8 heteroatoms. The van der Waals surface area contributed by atoms with E-state index >= 15 is 0 Å². The fourth-order valence-corrected chi connectivity index (χ4v) is 2.60. The molecule has 2 aromatic carbocycles. The fourth-order valence-electron chi connectivity index (χ4n) is 2.43. The van der Waals surface area contributed by atoms with Gasteiger partial charge in [-0.3, -0.25) is 25.2 Å². The van der Waals surface area contributed by atoms with Gasteiger partial charge in [0.25, 0.3) is 5.91 Å². The zero-order chi connectivity index (χ0) is 21.4. The topological polar surface area (TPSA) is 96.5 Å². The van der Waals surface area contributed by atoms with E-state index in [4.69, 9.17) is 16.3 Å². The number of rotatable bonds is 7. The Morgan fingerprint density at radius 1 is 1.00 bits per heavy atom. The van der Waals surface area contributed by atoms with Crippen molar-refractivity contribution in [1.29, 1.82) is 0 Å². The summed E-state index contributed by atoms with van der Waals surface area (Å²) in [4.78, 5) is 36.1. The van der Waals surface area contributed by atoms with E-state index in [1.54, 1.807) is 49.4 Å². The molecule has 3 amide bonds. The number of hydrogen-bond acceptors (Lipinski definition) is 4. The summed E-state index contributed by atoms with van der Waals surface area (Å²) in [7, 11) is 0. The average Bonchev–Trinajstić information content (AvgIpc) is 2.67. The van der Waals surface area contributed by atoms with Crippen molar-refractivity contribution < 1.29 is 19.1 Å². The third-order valence-corrected chi connectivity index (χ3v) is 4.31. The highest BCUT2D eigenvalue weighted by Gasteiger charge is 2.12. The van der Waals surface area contributed by atoms with Crippen LogP contribution in [0.4, 0.5) is 5.69 Å². The number of nitrogens with one attached hydrogen (secondary N) is 3. The van der Waals surface area contributed by atoms with E-state index in [0.29, 0.717) is 22.0 Å². The lowest BCUT2D eigenvalue weighted by Crippen LogP contribution is -2.41. The van der Waals surface area contributed by atoms with Gasteiger partial charge < -0.3 is 10.1 Å². The Balaban J connectivity index is 1.78. The SMILES string of the molecule is Cc1c(Cl)cccc1NC(=O)CCC(=O)NNC(=O)c1cccc(OC(C)C)c1. The molecule has 0 aromatic heterocycles. The first-order chi connectivity index (χ1) is 13.8. The Hall–Kier alpha value is -3.06. The summed E-state index contributed by atoms with van der Waals surface area (Å²) in [6.45, 7) is 5.56. The number of hydrogen-bond donors (Lipinski definition) is 3. The molecule has 7 nitrogen and oxygen atoms in total. The van der Waals surface area contributed by atoms with E-state index in [1.165, 1.54) is 0 Å². The van der Waals surface area contributed by atoms with E-state index in [-0.39, 0.29) is 24.9 Å². The second kappa shape index (κ2) is 10.5. The third kappa shape index (κ3) is 7.12. The highest BCUT2D eigenvalue weighted by molar-refractivity contribution is 6.31. The third-order valence-electron chi connectivity index (χ3n) is 3.90. The van der Waals surface area contributed by atoms with Crippen LogP contribution in [0, 0.1) is 6.92 Å². The predicted molar refractivity (Wildman–Crippen MR) is 112 cm³/mol. The largest absolute Gasteiger partial charge is 0.491 e. The van der Waals surface area contributed by atoms with Crippen LogP contribution in [-0.2, 0) is 9.59 Å². The van der Waals surface area contributed by atoms with Gasteiger partial charge in [-0.2, -0.15) is 0 Å².